The molecule has 2 unspecified atom stereocenters. The van der Waals surface area contributed by atoms with E-state index in [0.29, 0.717) is 17.9 Å². The summed E-state index contributed by atoms with van der Waals surface area (Å²) in [5, 5.41) is 0.919. The number of hydrogen-bond donors (Lipinski definition) is 1. The third-order valence-corrected chi connectivity index (χ3v) is 5.54. The fraction of sp³-hybridized carbons (Fsp3) is 0.444. The molecule has 120 valence electrons. The van der Waals surface area contributed by atoms with Crippen molar-refractivity contribution in [2.45, 2.75) is 37.6 Å². The van der Waals surface area contributed by atoms with E-state index in [1.165, 1.54) is 24.0 Å². The summed E-state index contributed by atoms with van der Waals surface area (Å²) in [5.41, 5.74) is 9.58. The molecule has 0 amide bonds. The molecule has 2 aromatic rings. The number of nitrogens with two attached hydrogens (primary N) is 1. The number of hydrogen-bond acceptors (Lipinski definition) is 4. The number of rotatable bonds is 2. The van der Waals surface area contributed by atoms with Crippen LogP contribution in [0.4, 0.5) is 5.95 Å². The van der Waals surface area contributed by atoms with Gasteiger partial charge in [0.2, 0.25) is 5.95 Å². The molecule has 1 aromatic heterocycles. The molecule has 2 atom stereocenters. The van der Waals surface area contributed by atoms with E-state index in [2.05, 4.69) is 27.0 Å². The molecular weight excluding hydrogens is 308 g/mol. The molecular formula is C18H21ClN4. The van der Waals surface area contributed by atoms with Gasteiger partial charge >= 0.3 is 0 Å². The van der Waals surface area contributed by atoms with Gasteiger partial charge in [0.15, 0.2) is 0 Å². The first kappa shape index (κ1) is 14.9. The molecule has 23 heavy (non-hydrogen) atoms. The predicted octanol–water partition coefficient (Wildman–Crippen LogP) is 3.58. The Bertz CT molecular complexity index is 718. The lowest BCUT2D eigenvalue weighted by Gasteiger charge is -2.37. The van der Waals surface area contributed by atoms with E-state index in [-0.39, 0.29) is 0 Å². The maximum absolute atomic E-state index is 6.37. The van der Waals surface area contributed by atoms with Gasteiger partial charge in [-0.2, -0.15) is 0 Å². The van der Waals surface area contributed by atoms with Gasteiger partial charge in [0.1, 0.15) is 0 Å². The lowest BCUT2D eigenvalue weighted by atomic mass is 9.92. The van der Waals surface area contributed by atoms with Gasteiger partial charge in [0.25, 0.3) is 0 Å². The molecule has 2 heterocycles. The highest BCUT2D eigenvalue weighted by Gasteiger charge is 2.33. The van der Waals surface area contributed by atoms with Crippen LogP contribution in [0.15, 0.2) is 30.5 Å². The van der Waals surface area contributed by atoms with Gasteiger partial charge in [-0.15, -0.1) is 0 Å². The predicted molar refractivity (Wildman–Crippen MR) is 92.5 cm³/mol. The molecule has 5 heteroatoms. The molecule has 1 saturated heterocycles. The molecule has 1 aliphatic carbocycles. The van der Waals surface area contributed by atoms with Gasteiger partial charge in [-0.3, -0.25) is 4.90 Å². The molecule has 4 rings (SSSR count). The molecule has 1 aliphatic heterocycles. The molecule has 0 bridgehead atoms. The maximum Gasteiger partial charge on any atom is 0.220 e. The lowest BCUT2D eigenvalue weighted by Crippen LogP contribution is -2.37. The van der Waals surface area contributed by atoms with Crippen LogP contribution in [0, 0.1) is 0 Å². The molecule has 0 spiro atoms. The second kappa shape index (κ2) is 6.10. The van der Waals surface area contributed by atoms with Gasteiger partial charge in [-0.1, -0.05) is 23.7 Å². The summed E-state index contributed by atoms with van der Waals surface area (Å²) in [7, 11) is 0. The number of fused-ring (bicyclic) bond motifs is 1. The lowest BCUT2D eigenvalue weighted by molar-refractivity contribution is 0.146. The van der Waals surface area contributed by atoms with Crippen molar-refractivity contribution in [3.05, 3.63) is 52.3 Å². The second-order valence-corrected chi connectivity index (χ2v) is 6.94. The number of piperidine rings is 1. The summed E-state index contributed by atoms with van der Waals surface area (Å²) in [5.74, 6) is 0.815. The number of nitrogens with zero attached hydrogens (tertiary/aromatic N) is 3. The zero-order chi connectivity index (χ0) is 15.8. The van der Waals surface area contributed by atoms with Crippen LogP contribution in [-0.4, -0.2) is 28.0 Å². The maximum atomic E-state index is 6.37. The van der Waals surface area contributed by atoms with Crippen LogP contribution in [0.5, 0.6) is 0 Å². The fourth-order valence-electron chi connectivity index (χ4n) is 4.11. The number of benzene rings is 1. The van der Waals surface area contributed by atoms with E-state index in [0.717, 1.165) is 36.6 Å². The standard InChI is InChI=1S/C18H21ClN4/c19-15-5-1-4-14-13(15)6-7-17(14)23-10-2-3-12(11-23)16-8-9-21-18(20)22-16/h1,4-5,8-9,12,17H,2-3,6-7,10-11H2,(H2,20,21,22). The summed E-state index contributed by atoms with van der Waals surface area (Å²) in [6.45, 7) is 2.18. The van der Waals surface area contributed by atoms with E-state index in [4.69, 9.17) is 17.3 Å². The Labute approximate surface area is 141 Å². The van der Waals surface area contributed by atoms with E-state index >= 15 is 0 Å². The first-order valence-corrected chi connectivity index (χ1v) is 8.70. The van der Waals surface area contributed by atoms with E-state index < -0.39 is 0 Å². The van der Waals surface area contributed by atoms with Crippen LogP contribution in [0.25, 0.3) is 0 Å². The average molecular weight is 329 g/mol. The Hall–Kier alpha value is -1.65. The first-order chi connectivity index (χ1) is 11.2. The highest BCUT2D eigenvalue weighted by molar-refractivity contribution is 6.31. The van der Waals surface area contributed by atoms with Crippen LogP contribution in [0.3, 0.4) is 0 Å². The number of likely N-dealkylation sites (tertiary alicyclic amines) is 1. The van der Waals surface area contributed by atoms with Gasteiger partial charge in [0, 0.05) is 29.7 Å². The van der Waals surface area contributed by atoms with Crippen LogP contribution in [0.2, 0.25) is 5.02 Å². The van der Waals surface area contributed by atoms with Gasteiger partial charge in [-0.25, -0.2) is 9.97 Å². The summed E-state index contributed by atoms with van der Waals surface area (Å²) < 4.78 is 0. The van der Waals surface area contributed by atoms with Crippen molar-refractivity contribution >= 4 is 17.5 Å². The van der Waals surface area contributed by atoms with Crippen molar-refractivity contribution in [2.24, 2.45) is 0 Å². The Kier molecular flexibility index (Phi) is 3.95. The summed E-state index contributed by atoms with van der Waals surface area (Å²) in [6, 6.07) is 8.82. The largest absolute Gasteiger partial charge is 0.368 e. The minimum absolute atomic E-state index is 0.373. The quantitative estimate of drug-likeness (QED) is 0.915. The zero-order valence-electron chi connectivity index (χ0n) is 13.1. The number of nitrogen functional groups attached to an aromatic ring is 1. The van der Waals surface area contributed by atoms with E-state index in [1.807, 2.05) is 12.1 Å². The van der Waals surface area contributed by atoms with Crippen molar-refractivity contribution in [2.75, 3.05) is 18.8 Å². The summed E-state index contributed by atoms with van der Waals surface area (Å²) in [6.07, 6.45) is 6.38. The van der Waals surface area contributed by atoms with Crippen molar-refractivity contribution in [3.8, 4) is 0 Å². The highest BCUT2D eigenvalue weighted by atomic mass is 35.5. The third kappa shape index (κ3) is 2.81. The van der Waals surface area contributed by atoms with Crippen LogP contribution >= 0.6 is 11.6 Å². The van der Waals surface area contributed by atoms with Crippen molar-refractivity contribution in [1.82, 2.24) is 14.9 Å². The first-order valence-electron chi connectivity index (χ1n) is 8.32. The number of halogens is 1. The molecule has 0 saturated carbocycles. The number of aromatic nitrogens is 2. The number of anilines is 1. The Morgan fingerprint density at radius 1 is 1.22 bits per heavy atom. The fourth-order valence-corrected chi connectivity index (χ4v) is 4.39. The minimum atomic E-state index is 0.373. The second-order valence-electron chi connectivity index (χ2n) is 6.54. The van der Waals surface area contributed by atoms with Crippen molar-refractivity contribution in [3.63, 3.8) is 0 Å². The Morgan fingerprint density at radius 2 is 2.13 bits per heavy atom. The average Bonchev–Trinajstić information content (AvgIpc) is 3.00. The van der Waals surface area contributed by atoms with E-state index in [1.54, 1.807) is 6.20 Å². The normalized spacial score (nSPS) is 24.6. The minimum Gasteiger partial charge on any atom is -0.368 e. The third-order valence-electron chi connectivity index (χ3n) is 5.19. The van der Waals surface area contributed by atoms with Crippen molar-refractivity contribution in [1.29, 1.82) is 0 Å². The smallest absolute Gasteiger partial charge is 0.220 e. The molecule has 0 radical (unpaired) electrons. The van der Waals surface area contributed by atoms with Crippen LogP contribution < -0.4 is 5.73 Å². The Balaban J connectivity index is 1.56. The monoisotopic (exact) mass is 328 g/mol. The topological polar surface area (TPSA) is 55.0 Å². The summed E-state index contributed by atoms with van der Waals surface area (Å²) in [4.78, 5) is 11.1. The van der Waals surface area contributed by atoms with Crippen LogP contribution in [0.1, 0.15) is 48.0 Å². The van der Waals surface area contributed by atoms with E-state index in [9.17, 15) is 0 Å². The van der Waals surface area contributed by atoms with Crippen LogP contribution in [-0.2, 0) is 6.42 Å². The van der Waals surface area contributed by atoms with Gasteiger partial charge in [-0.05, 0) is 55.5 Å². The molecule has 2 N–H and O–H groups in total. The highest BCUT2D eigenvalue weighted by Crippen LogP contribution is 2.41. The molecule has 1 aromatic carbocycles. The van der Waals surface area contributed by atoms with Gasteiger partial charge in [0.05, 0.1) is 5.69 Å². The SMILES string of the molecule is Nc1nccc(C2CCCN(C3CCc4c(Cl)cccc43)C2)n1. The molecule has 1 fully saturated rings. The molecule has 2 aliphatic rings. The molecule has 4 nitrogen and oxygen atoms in total. The van der Waals surface area contributed by atoms with Crippen molar-refractivity contribution < 1.29 is 0 Å². The zero-order valence-corrected chi connectivity index (χ0v) is 13.8. The Morgan fingerprint density at radius 3 is 3.00 bits per heavy atom. The van der Waals surface area contributed by atoms with Gasteiger partial charge < -0.3 is 5.73 Å². The summed E-state index contributed by atoms with van der Waals surface area (Å²) >= 11 is 6.37.